The van der Waals surface area contributed by atoms with Crippen molar-refractivity contribution in [3.8, 4) is 0 Å². The van der Waals surface area contributed by atoms with Crippen molar-refractivity contribution in [2.24, 2.45) is 0 Å². The predicted molar refractivity (Wildman–Crippen MR) is 116 cm³/mol. The summed E-state index contributed by atoms with van der Waals surface area (Å²) in [6, 6.07) is 0. The van der Waals surface area contributed by atoms with E-state index < -0.39 is 24.3 Å². The predicted octanol–water partition coefficient (Wildman–Crippen LogP) is 3.06. The number of nitrogens with zero attached hydrogens (tertiary/aromatic N) is 2. The van der Waals surface area contributed by atoms with Crippen molar-refractivity contribution in [2.75, 3.05) is 45.4 Å². The fraction of sp³-hybridized carbons (Fsp3) is 0.632. The molecular formula is C19H29F3N4O5S. The van der Waals surface area contributed by atoms with Gasteiger partial charge in [-0.15, -0.1) is 0 Å². The summed E-state index contributed by atoms with van der Waals surface area (Å²) in [5.41, 5.74) is 0.915. The number of hydrogen-bond donors (Lipinski definition) is 2. The van der Waals surface area contributed by atoms with Gasteiger partial charge in [-0.05, 0) is 47.1 Å². The lowest BCUT2D eigenvalue weighted by Gasteiger charge is -2.28. The second-order valence-electron chi connectivity index (χ2n) is 6.85. The lowest BCUT2D eigenvalue weighted by molar-refractivity contribution is -0.213. The second-order valence-corrected chi connectivity index (χ2v) is 7.24. The van der Waals surface area contributed by atoms with Gasteiger partial charge in [0.1, 0.15) is 5.69 Å². The van der Waals surface area contributed by atoms with Crippen LogP contribution in [-0.2, 0) is 20.8 Å². The van der Waals surface area contributed by atoms with Crippen molar-refractivity contribution in [2.45, 2.75) is 39.6 Å². The smallest absolute Gasteiger partial charge is 0.414 e. The van der Waals surface area contributed by atoms with E-state index in [9.17, 15) is 22.8 Å². The number of thiocarbonyl (C=S) groups is 1. The first-order valence-electron chi connectivity index (χ1n) is 9.87. The van der Waals surface area contributed by atoms with Crippen LogP contribution >= 0.6 is 12.2 Å². The summed E-state index contributed by atoms with van der Waals surface area (Å²) in [5.74, 6) is -0.680. The Kier molecular flexibility index (Phi) is 10.9. The van der Waals surface area contributed by atoms with E-state index in [1.165, 1.54) is 4.90 Å². The van der Waals surface area contributed by atoms with E-state index in [-0.39, 0.29) is 42.9 Å². The maximum Gasteiger partial charge on any atom is 0.414 e. The minimum absolute atomic E-state index is 0.0422. The Bertz CT molecular complexity index is 786. The zero-order chi connectivity index (χ0) is 24.5. The quantitative estimate of drug-likeness (QED) is 0.388. The molecule has 0 aromatic carbocycles. The lowest BCUT2D eigenvalue weighted by Crippen LogP contribution is -2.46. The highest BCUT2D eigenvalue weighted by molar-refractivity contribution is 7.80. The molecule has 9 nitrogen and oxygen atoms in total. The molecule has 1 heterocycles. The van der Waals surface area contributed by atoms with Crippen LogP contribution in [0.3, 0.4) is 0 Å². The molecule has 0 bridgehead atoms. The van der Waals surface area contributed by atoms with Gasteiger partial charge in [-0.25, -0.2) is 9.59 Å². The monoisotopic (exact) mass is 482 g/mol. The van der Waals surface area contributed by atoms with Crippen molar-refractivity contribution in [3.05, 3.63) is 17.5 Å². The topological polar surface area (TPSA) is 96.1 Å². The van der Waals surface area contributed by atoms with Crippen molar-refractivity contribution < 1.29 is 37.0 Å². The molecule has 32 heavy (non-hydrogen) atoms. The standard InChI is InChI=1S/C19H29F3N4O5S/c1-6-29-16(27)14-15(13(10-23-14)11-25(4)5)26(17(32)24-18(28)30-7-2)8-9-31-12(3)19(20,21)22/h10,12,23H,6-9,11H2,1-5H3,(H,24,28,32). The number of carbonyl (C=O) groups is 2. The van der Waals surface area contributed by atoms with E-state index in [4.69, 9.17) is 26.4 Å². The summed E-state index contributed by atoms with van der Waals surface area (Å²) in [6.45, 7) is 4.12. The highest BCUT2D eigenvalue weighted by Crippen LogP contribution is 2.28. The average Bonchev–Trinajstić information content (AvgIpc) is 3.07. The van der Waals surface area contributed by atoms with Crippen molar-refractivity contribution in [3.63, 3.8) is 0 Å². The Morgan fingerprint density at radius 1 is 1.22 bits per heavy atom. The van der Waals surface area contributed by atoms with Crippen LogP contribution in [0.4, 0.5) is 23.7 Å². The van der Waals surface area contributed by atoms with E-state index in [1.807, 2.05) is 4.90 Å². The molecule has 1 amide bonds. The SMILES string of the molecule is CCOC(=O)NC(=S)N(CCOC(C)C(F)(F)F)c1c(CN(C)C)c[nH]c1C(=O)OCC. The van der Waals surface area contributed by atoms with Gasteiger partial charge in [0.05, 0.1) is 25.5 Å². The molecule has 0 radical (unpaired) electrons. The van der Waals surface area contributed by atoms with Gasteiger partial charge in [-0.3, -0.25) is 5.32 Å². The van der Waals surface area contributed by atoms with Crippen LogP contribution in [0.25, 0.3) is 0 Å². The van der Waals surface area contributed by atoms with E-state index in [2.05, 4.69) is 10.3 Å². The fourth-order valence-electron chi connectivity index (χ4n) is 2.64. The maximum absolute atomic E-state index is 12.8. The minimum Gasteiger partial charge on any atom is -0.461 e. The van der Waals surface area contributed by atoms with Gasteiger partial charge in [-0.2, -0.15) is 13.2 Å². The molecule has 1 atom stereocenters. The average molecular weight is 483 g/mol. The summed E-state index contributed by atoms with van der Waals surface area (Å²) in [4.78, 5) is 30.4. The minimum atomic E-state index is -4.53. The Balaban J connectivity index is 3.31. The third kappa shape index (κ3) is 8.28. The molecule has 2 N–H and O–H groups in total. The van der Waals surface area contributed by atoms with Crippen molar-refractivity contribution in [1.29, 1.82) is 0 Å². The molecule has 13 heteroatoms. The van der Waals surface area contributed by atoms with Gasteiger partial charge >= 0.3 is 18.2 Å². The molecule has 1 aromatic rings. The molecule has 0 saturated heterocycles. The summed E-state index contributed by atoms with van der Waals surface area (Å²) < 4.78 is 53.2. The van der Waals surface area contributed by atoms with Gasteiger partial charge in [0.15, 0.2) is 11.2 Å². The number of amides is 1. The number of carbonyl (C=O) groups excluding carboxylic acids is 2. The molecular weight excluding hydrogens is 453 g/mol. The normalized spacial score (nSPS) is 12.4. The van der Waals surface area contributed by atoms with Crippen LogP contribution < -0.4 is 10.2 Å². The van der Waals surface area contributed by atoms with Gasteiger partial charge in [0.2, 0.25) is 0 Å². The molecule has 0 aliphatic carbocycles. The summed E-state index contributed by atoms with van der Waals surface area (Å²) >= 11 is 5.31. The molecule has 1 rings (SSSR count). The highest BCUT2D eigenvalue weighted by Gasteiger charge is 2.37. The van der Waals surface area contributed by atoms with Gasteiger partial charge < -0.3 is 29.0 Å². The number of nitrogens with one attached hydrogen (secondary N) is 2. The van der Waals surface area contributed by atoms with E-state index >= 15 is 0 Å². The molecule has 0 aliphatic heterocycles. The van der Waals surface area contributed by atoms with E-state index in [0.29, 0.717) is 12.1 Å². The number of alkyl carbamates (subject to hydrolysis) is 1. The Hall–Kier alpha value is -2.38. The number of aromatic amines is 1. The Morgan fingerprint density at radius 3 is 2.38 bits per heavy atom. The zero-order valence-electron chi connectivity index (χ0n) is 18.7. The largest absolute Gasteiger partial charge is 0.461 e. The second kappa shape index (κ2) is 12.6. The number of aromatic nitrogens is 1. The Labute approximate surface area is 190 Å². The van der Waals surface area contributed by atoms with Crippen LogP contribution in [-0.4, -0.2) is 79.8 Å². The number of hydrogen-bond acceptors (Lipinski definition) is 7. The van der Waals surface area contributed by atoms with Gasteiger partial charge in [0.25, 0.3) is 0 Å². The molecule has 0 saturated carbocycles. The molecule has 1 aromatic heterocycles. The van der Waals surface area contributed by atoms with E-state index in [1.54, 1.807) is 34.1 Å². The molecule has 0 aliphatic rings. The number of H-pyrrole nitrogens is 1. The van der Waals surface area contributed by atoms with Crippen LogP contribution in [0.2, 0.25) is 0 Å². The Morgan fingerprint density at radius 2 is 1.84 bits per heavy atom. The fourth-order valence-corrected chi connectivity index (χ4v) is 2.90. The molecule has 0 fully saturated rings. The zero-order valence-corrected chi connectivity index (χ0v) is 19.5. The van der Waals surface area contributed by atoms with Crippen LogP contribution in [0.1, 0.15) is 36.8 Å². The lowest BCUT2D eigenvalue weighted by atomic mass is 10.2. The molecule has 182 valence electrons. The van der Waals surface area contributed by atoms with Gasteiger partial charge in [0, 0.05) is 24.8 Å². The van der Waals surface area contributed by atoms with Crippen molar-refractivity contribution >= 4 is 35.1 Å². The first kappa shape index (κ1) is 27.7. The third-order valence-corrected chi connectivity index (χ3v) is 4.36. The maximum atomic E-state index is 12.8. The summed E-state index contributed by atoms with van der Waals surface area (Å²) in [5, 5.41) is 2.19. The van der Waals surface area contributed by atoms with Crippen LogP contribution in [0.5, 0.6) is 0 Å². The number of alkyl halides is 3. The molecule has 1 unspecified atom stereocenters. The number of rotatable bonds is 10. The number of halogens is 3. The highest BCUT2D eigenvalue weighted by atomic mass is 32.1. The van der Waals surface area contributed by atoms with Gasteiger partial charge in [-0.1, -0.05) is 0 Å². The first-order chi connectivity index (χ1) is 14.9. The number of ether oxygens (including phenoxy) is 3. The van der Waals surface area contributed by atoms with Crippen LogP contribution in [0, 0.1) is 0 Å². The summed E-state index contributed by atoms with van der Waals surface area (Å²) in [7, 11) is 3.60. The van der Waals surface area contributed by atoms with Crippen molar-refractivity contribution in [1.82, 2.24) is 15.2 Å². The third-order valence-electron chi connectivity index (χ3n) is 4.04. The molecule has 0 spiro atoms. The summed E-state index contributed by atoms with van der Waals surface area (Å²) in [6.07, 6.45) is -5.81. The first-order valence-corrected chi connectivity index (χ1v) is 10.3. The van der Waals surface area contributed by atoms with E-state index in [0.717, 1.165) is 6.92 Å². The van der Waals surface area contributed by atoms with Crippen LogP contribution in [0.15, 0.2) is 6.20 Å². The number of esters is 1. The number of anilines is 1.